The summed E-state index contributed by atoms with van der Waals surface area (Å²) in [5, 5.41) is 11.8. The van der Waals surface area contributed by atoms with E-state index in [4.69, 9.17) is 5.11 Å². The van der Waals surface area contributed by atoms with E-state index < -0.39 is 5.97 Å². The molecule has 1 unspecified atom stereocenters. The van der Waals surface area contributed by atoms with Gasteiger partial charge >= 0.3 is 5.97 Å². The first-order valence-electron chi connectivity index (χ1n) is 5.51. The number of aliphatic carboxylic acids is 1. The zero-order valence-corrected chi connectivity index (χ0v) is 9.73. The third-order valence-electron chi connectivity index (χ3n) is 2.46. The summed E-state index contributed by atoms with van der Waals surface area (Å²) in [4.78, 5) is 14.8. The molecule has 0 radical (unpaired) electrons. The first kappa shape index (κ1) is 12.6. The van der Waals surface area contributed by atoms with Crippen molar-refractivity contribution >= 4 is 5.97 Å². The largest absolute Gasteiger partial charge is 0.481 e. The summed E-state index contributed by atoms with van der Waals surface area (Å²) in [5.41, 5.74) is 2.21. The molecule has 0 fully saturated rings. The van der Waals surface area contributed by atoms with Gasteiger partial charge in [0.15, 0.2) is 0 Å². The molecule has 0 amide bonds. The predicted molar refractivity (Wildman–Crippen MR) is 62.2 cm³/mol. The molecule has 1 aromatic heterocycles. The maximum Gasteiger partial charge on any atom is 0.304 e. The Labute approximate surface area is 95.7 Å². The molecule has 0 spiro atoms. The molecule has 0 aromatic carbocycles. The smallest absolute Gasteiger partial charge is 0.304 e. The number of nitrogens with zero attached hydrogens (tertiary/aromatic N) is 1. The number of pyridine rings is 1. The van der Waals surface area contributed by atoms with Crippen LogP contribution in [0.2, 0.25) is 0 Å². The third kappa shape index (κ3) is 3.98. The highest BCUT2D eigenvalue weighted by Gasteiger charge is 2.08. The van der Waals surface area contributed by atoms with E-state index in [0.29, 0.717) is 6.54 Å². The molecule has 1 atom stereocenters. The van der Waals surface area contributed by atoms with E-state index in [1.807, 2.05) is 19.1 Å². The van der Waals surface area contributed by atoms with Crippen molar-refractivity contribution in [2.45, 2.75) is 39.3 Å². The minimum Gasteiger partial charge on any atom is -0.481 e. The van der Waals surface area contributed by atoms with Gasteiger partial charge < -0.3 is 10.4 Å². The van der Waals surface area contributed by atoms with Gasteiger partial charge in [-0.1, -0.05) is 13.0 Å². The Morgan fingerprint density at radius 1 is 1.62 bits per heavy atom. The third-order valence-corrected chi connectivity index (χ3v) is 2.46. The molecule has 1 rings (SSSR count). The fraction of sp³-hybridized carbons (Fsp3) is 0.500. The summed E-state index contributed by atoms with van der Waals surface area (Å²) >= 11 is 0. The lowest BCUT2D eigenvalue weighted by Crippen LogP contribution is -2.28. The summed E-state index contributed by atoms with van der Waals surface area (Å²) in [6.07, 6.45) is 2.84. The normalized spacial score (nSPS) is 12.4. The second kappa shape index (κ2) is 6.23. The fourth-order valence-corrected chi connectivity index (χ4v) is 1.56. The van der Waals surface area contributed by atoms with Crippen LogP contribution in [0.3, 0.4) is 0 Å². The maximum atomic E-state index is 10.5. The van der Waals surface area contributed by atoms with Crippen LogP contribution >= 0.6 is 0 Å². The Bertz CT molecular complexity index is 353. The van der Waals surface area contributed by atoms with Gasteiger partial charge in [-0.15, -0.1) is 0 Å². The van der Waals surface area contributed by atoms with E-state index in [1.54, 1.807) is 6.20 Å². The maximum absolute atomic E-state index is 10.5. The first-order chi connectivity index (χ1) is 7.63. The zero-order valence-electron chi connectivity index (χ0n) is 9.73. The van der Waals surface area contributed by atoms with Crippen LogP contribution in [0, 0.1) is 0 Å². The van der Waals surface area contributed by atoms with Crippen molar-refractivity contribution < 1.29 is 9.90 Å². The highest BCUT2D eigenvalue weighted by molar-refractivity contribution is 5.67. The standard InChI is InChI=1S/C12H18N2O2/c1-3-10-5-4-6-13-11(10)8-14-9(2)7-12(15)16/h4-6,9,14H,3,7-8H2,1-2H3,(H,15,16). The van der Waals surface area contributed by atoms with Gasteiger partial charge in [-0.3, -0.25) is 9.78 Å². The van der Waals surface area contributed by atoms with E-state index >= 15 is 0 Å². The van der Waals surface area contributed by atoms with Crippen molar-refractivity contribution in [1.29, 1.82) is 0 Å². The Morgan fingerprint density at radius 2 is 2.38 bits per heavy atom. The second-order valence-corrected chi connectivity index (χ2v) is 3.84. The molecule has 1 aromatic rings. The van der Waals surface area contributed by atoms with Crippen LogP contribution in [-0.2, 0) is 17.8 Å². The monoisotopic (exact) mass is 222 g/mol. The van der Waals surface area contributed by atoms with Gasteiger partial charge in [0.25, 0.3) is 0 Å². The van der Waals surface area contributed by atoms with Gasteiger partial charge in [-0.05, 0) is 25.0 Å². The summed E-state index contributed by atoms with van der Waals surface area (Å²) < 4.78 is 0. The van der Waals surface area contributed by atoms with E-state index in [1.165, 1.54) is 5.56 Å². The Balaban J connectivity index is 2.50. The minimum atomic E-state index is -0.781. The molecule has 0 bridgehead atoms. The average Bonchev–Trinajstić information content (AvgIpc) is 2.26. The lowest BCUT2D eigenvalue weighted by atomic mass is 10.1. The number of carboxylic acid groups (broad SMARTS) is 1. The van der Waals surface area contributed by atoms with Crippen LogP contribution in [-0.4, -0.2) is 22.1 Å². The van der Waals surface area contributed by atoms with Crippen molar-refractivity contribution in [3.8, 4) is 0 Å². The van der Waals surface area contributed by atoms with Gasteiger partial charge in [0.1, 0.15) is 0 Å². The Morgan fingerprint density at radius 3 is 3.00 bits per heavy atom. The molecule has 0 saturated heterocycles. The molecule has 4 nitrogen and oxygen atoms in total. The molecule has 88 valence electrons. The van der Waals surface area contributed by atoms with Gasteiger partial charge in [0.05, 0.1) is 12.1 Å². The lowest BCUT2D eigenvalue weighted by Gasteiger charge is -2.12. The van der Waals surface area contributed by atoms with E-state index in [-0.39, 0.29) is 12.5 Å². The Kier molecular flexibility index (Phi) is 4.92. The van der Waals surface area contributed by atoms with E-state index in [9.17, 15) is 4.79 Å². The number of hydrogen-bond donors (Lipinski definition) is 2. The van der Waals surface area contributed by atoms with E-state index in [2.05, 4.69) is 17.2 Å². The molecular formula is C12H18N2O2. The van der Waals surface area contributed by atoms with Crippen molar-refractivity contribution in [3.05, 3.63) is 29.6 Å². The van der Waals surface area contributed by atoms with Gasteiger partial charge in [-0.25, -0.2) is 0 Å². The number of nitrogens with one attached hydrogen (secondary N) is 1. The topological polar surface area (TPSA) is 62.2 Å². The van der Waals surface area contributed by atoms with Crippen molar-refractivity contribution in [2.24, 2.45) is 0 Å². The first-order valence-corrected chi connectivity index (χ1v) is 5.51. The van der Waals surface area contributed by atoms with Crippen LogP contribution in [0.15, 0.2) is 18.3 Å². The lowest BCUT2D eigenvalue weighted by molar-refractivity contribution is -0.137. The summed E-state index contributed by atoms with van der Waals surface area (Å²) in [7, 11) is 0. The average molecular weight is 222 g/mol. The summed E-state index contributed by atoms with van der Waals surface area (Å²) in [6, 6.07) is 3.93. The molecule has 2 N–H and O–H groups in total. The molecule has 1 heterocycles. The molecule has 0 aliphatic heterocycles. The van der Waals surface area contributed by atoms with E-state index in [0.717, 1.165) is 12.1 Å². The van der Waals surface area contributed by atoms with Crippen molar-refractivity contribution in [2.75, 3.05) is 0 Å². The number of carboxylic acids is 1. The number of hydrogen-bond acceptors (Lipinski definition) is 3. The Hall–Kier alpha value is -1.42. The molecule has 0 aliphatic rings. The summed E-state index contributed by atoms with van der Waals surface area (Å²) in [6.45, 7) is 4.57. The zero-order chi connectivity index (χ0) is 12.0. The molecule has 4 heteroatoms. The van der Waals surface area contributed by atoms with Gasteiger partial charge in [-0.2, -0.15) is 0 Å². The molecule has 16 heavy (non-hydrogen) atoms. The number of rotatable bonds is 6. The van der Waals surface area contributed by atoms with Crippen LogP contribution in [0.5, 0.6) is 0 Å². The van der Waals surface area contributed by atoms with Crippen LogP contribution in [0.1, 0.15) is 31.5 Å². The SMILES string of the molecule is CCc1cccnc1CNC(C)CC(=O)O. The predicted octanol–water partition coefficient (Wildman–Crippen LogP) is 1.60. The number of carbonyl (C=O) groups is 1. The molecular weight excluding hydrogens is 204 g/mol. The quantitative estimate of drug-likeness (QED) is 0.767. The second-order valence-electron chi connectivity index (χ2n) is 3.84. The number of aryl methyl sites for hydroxylation is 1. The van der Waals surface area contributed by atoms with Crippen LogP contribution < -0.4 is 5.32 Å². The van der Waals surface area contributed by atoms with Crippen LogP contribution in [0.25, 0.3) is 0 Å². The van der Waals surface area contributed by atoms with Crippen LogP contribution in [0.4, 0.5) is 0 Å². The van der Waals surface area contributed by atoms with Crippen molar-refractivity contribution in [1.82, 2.24) is 10.3 Å². The van der Waals surface area contributed by atoms with Crippen molar-refractivity contribution in [3.63, 3.8) is 0 Å². The fourth-order valence-electron chi connectivity index (χ4n) is 1.56. The minimum absolute atomic E-state index is 0.0378. The molecule has 0 saturated carbocycles. The van der Waals surface area contributed by atoms with Gasteiger partial charge in [0, 0.05) is 18.8 Å². The summed E-state index contributed by atoms with van der Waals surface area (Å²) in [5.74, 6) is -0.781. The highest BCUT2D eigenvalue weighted by Crippen LogP contribution is 2.06. The highest BCUT2D eigenvalue weighted by atomic mass is 16.4. The van der Waals surface area contributed by atoms with Gasteiger partial charge in [0.2, 0.25) is 0 Å². The molecule has 0 aliphatic carbocycles. The number of aromatic nitrogens is 1.